The molecule has 7 nitrogen and oxygen atoms in total. The zero-order chi connectivity index (χ0) is 20.4. The van der Waals surface area contributed by atoms with Crippen molar-refractivity contribution in [3.05, 3.63) is 65.2 Å². The first-order valence-electron chi connectivity index (χ1n) is 8.84. The fourth-order valence-electron chi connectivity index (χ4n) is 2.87. The molecule has 0 spiro atoms. The van der Waals surface area contributed by atoms with Crippen LogP contribution in [0.25, 0.3) is 0 Å². The summed E-state index contributed by atoms with van der Waals surface area (Å²) in [6.07, 6.45) is -1.09. The minimum Gasteiger partial charge on any atom is -0.451 e. The first kappa shape index (κ1) is 19.3. The number of aryl methyl sites for hydroxylation is 1. The number of imide groups is 1. The first-order chi connectivity index (χ1) is 13.3. The van der Waals surface area contributed by atoms with Gasteiger partial charge in [0.25, 0.3) is 17.7 Å². The van der Waals surface area contributed by atoms with Crippen molar-refractivity contribution in [2.45, 2.75) is 32.9 Å². The van der Waals surface area contributed by atoms with Crippen molar-refractivity contribution in [3.8, 4) is 0 Å². The van der Waals surface area contributed by atoms with Gasteiger partial charge >= 0.3 is 5.97 Å². The Morgan fingerprint density at radius 3 is 2.00 bits per heavy atom. The highest BCUT2D eigenvalue weighted by molar-refractivity contribution is 6.22. The summed E-state index contributed by atoms with van der Waals surface area (Å²) < 4.78 is 5.18. The van der Waals surface area contributed by atoms with Gasteiger partial charge in [-0.25, -0.2) is 4.79 Å². The Morgan fingerprint density at radius 1 is 0.929 bits per heavy atom. The second-order valence-electron chi connectivity index (χ2n) is 6.64. The smallest absolute Gasteiger partial charge is 0.329 e. The number of nitrogens with zero attached hydrogens (tertiary/aromatic N) is 1. The average molecular weight is 380 g/mol. The predicted octanol–water partition coefficient (Wildman–Crippen LogP) is 2.55. The van der Waals surface area contributed by atoms with Crippen molar-refractivity contribution in [1.29, 1.82) is 0 Å². The Hall–Kier alpha value is -3.48. The fraction of sp³-hybridized carbons (Fsp3) is 0.238. The van der Waals surface area contributed by atoms with E-state index in [0.29, 0.717) is 5.69 Å². The largest absolute Gasteiger partial charge is 0.451 e. The Morgan fingerprint density at radius 2 is 1.46 bits per heavy atom. The molecule has 144 valence electrons. The maximum atomic E-state index is 12.5. The first-order valence-corrected chi connectivity index (χ1v) is 8.84. The number of hydrogen-bond donors (Lipinski definition) is 1. The Balaban J connectivity index is 1.64. The molecule has 2 atom stereocenters. The molecule has 0 fully saturated rings. The third-order valence-corrected chi connectivity index (χ3v) is 4.54. The van der Waals surface area contributed by atoms with Crippen LogP contribution in [-0.4, -0.2) is 40.7 Å². The number of anilines is 1. The number of esters is 1. The van der Waals surface area contributed by atoms with Crippen LogP contribution in [0.5, 0.6) is 0 Å². The Labute approximate surface area is 162 Å². The molecule has 0 aliphatic carbocycles. The van der Waals surface area contributed by atoms with E-state index in [9.17, 15) is 19.2 Å². The summed E-state index contributed by atoms with van der Waals surface area (Å²) in [7, 11) is 0. The van der Waals surface area contributed by atoms with Gasteiger partial charge in [-0.3, -0.25) is 19.3 Å². The van der Waals surface area contributed by atoms with Gasteiger partial charge in [-0.2, -0.15) is 0 Å². The minimum atomic E-state index is -1.15. The molecule has 3 rings (SSSR count). The number of nitrogens with one attached hydrogen (secondary N) is 1. The van der Waals surface area contributed by atoms with Gasteiger partial charge in [-0.15, -0.1) is 0 Å². The van der Waals surface area contributed by atoms with E-state index in [1.54, 1.807) is 24.3 Å². The summed E-state index contributed by atoms with van der Waals surface area (Å²) in [5.74, 6) is -2.45. The van der Waals surface area contributed by atoms with E-state index in [1.807, 2.05) is 19.1 Å². The van der Waals surface area contributed by atoms with Crippen molar-refractivity contribution in [2.24, 2.45) is 0 Å². The number of fused-ring (bicyclic) bond motifs is 1. The minimum absolute atomic E-state index is 0.248. The molecular formula is C21H20N2O5. The van der Waals surface area contributed by atoms with Crippen LogP contribution < -0.4 is 5.32 Å². The topological polar surface area (TPSA) is 92.8 Å². The van der Waals surface area contributed by atoms with E-state index in [2.05, 4.69) is 5.32 Å². The highest BCUT2D eigenvalue weighted by Crippen LogP contribution is 2.25. The van der Waals surface area contributed by atoms with Crippen molar-refractivity contribution in [2.75, 3.05) is 5.32 Å². The zero-order valence-corrected chi connectivity index (χ0v) is 15.8. The van der Waals surface area contributed by atoms with Crippen LogP contribution in [0.3, 0.4) is 0 Å². The van der Waals surface area contributed by atoms with Gasteiger partial charge in [0.1, 0.15) is 6.04 Å². The van der Waals surface area contributed by atoms with Gasteiger partial charge in [-0.05, 0) is 45.0 Å². The number of carbonyl (C=O) groups is 4. The van der Waals surface area contributed by atoms with Crippen molar-refractivity contribution in [1.82, 2.24) is 4.90 Å². The van der Waals surface area contributed by atoms with E-state index in [0.717, 1.165) is 10.5 Å². The highest BCUT2D eigenvalue weighted by Gasteiger charge is 2.41. The van der Waals surface area contributed by atoms with Crippen LogP contribution in [0, 0.1) is 6.92 Å². The summed E-state index contributed by atoms with van der Waals surface area (Å²) in [4.78, 5) is 50.5. The van der Waals surface area contributed by atoms with Crippen LogP contribution in [0.15, 0.2) is 48.5 Å². The standard InChI is InChI=1S/C21H20N2O5/c1-12-8-10-15(11-9-12)22-18(24)14(3)28-21(27)13(2)23-19(25)16-6-4-5-7-17(16)20(23)26/h4-11,13-14H,1-3H3,(H,22,24)/t13-,14-/m1/s1. The van der Waals surface area contributed by atoms with E-state index in [4.69, 9.17) is 4.74 Å². The molecule has 1 aliphatic heterocycles. The molecule has 0 radical (unpaired) electrons. The molecule has 0 saturated heterocycles. The molecule has 28 heavy (non-hydrogen) atoms. The van der Waals surface area contributed by atoms with E-state index >= 15 is 0 Å². The lowest BCUT2D eigenvalue weighted by Crippen LogP contribution is -2.45. The lowest BCUT2D eigenvalue weighted by atomic mass is 10.1. The van der Waals surface area contributed by atoms with Gasteiger partial charge in [0.2, 0.25) is 0 Å². The summed E-state index contributed by atoms with van der Waals surface area (Å²) in [5, 5.41) is 2.65. The van der Waals surface area contributed by atoms with Crippen LogP contribution in [0.1, 0.15) is 40.1 Å². The van der Waals surface area contributed by atoms with Crippen LogP contribution >= 0.6 is 0 Å². The molecule has 2 aromatic rings. The predicted molar refractivity (Wildman–Crippen MR) is 102 cm³/mol. The number of ether oxygens (including phenoxy) is 1. The van der Waals surface area contributed by atoms with Crippen molar-refractivity contribution in [3.63, 3.8) is 0 Å². The number of rotatable bonds is 5. The quantitative estimate of drug-likeness (QED) is 0.636. The molecular weight excluding hydrogens is 360 g/mol. The number of carbonyl (C=O) groups excluding carboxylic acids is 4. The molecule has 7 heteroatoms. The molecule has 0 saturated carbocycles. The fourth-order valence-corrected chi connectivity index (χ4v) is 2.87. The number of amides is 3. The maximum absolute atomic E-state index is 12.5. The third-order valence-electron chi connectivity index (χ3n) is 4.54. The second kappa shape index (κ2) is 7.64. The summed E-state index contributed by atoms with van der Waals surface area (Å²) in [5.41, 5.74) is 2.12. The molecule has 0 aromatic heterocycles. The second-order valence-corrected chi connectivity index (χ2v) is 6.64. The van der Waals surface area contributed by atoms with Gasteiger partial charge < -0.3 is 10.1 Å². The van der Waals surface area contributed by atoms with Gasteiger partial charge in [0.15, 0.2) is 6.10 Å². The van der Waals surface area contributed by atoms with Gasteiger partial charge in [0, 0.05) is 5.69 Å². The lowest BCUT2D eigenvalue weighted by molar-refractivity contribution is -0.156. The van der Waals surface area contributed by atoms with Crippen molar-refractivity contribution >= 4 is 29.4 Å². The maximum Gasteiger partial charge on any atom is 0.329 e. The summed E-state index contributed by atoms with van der Waals surface area (Å²) >= 11 is 0. The Bertz CT molecular complexity index is 917. The number of benzene rings is 2. The van der Waals surface area contributed by atoms with Crippen molar-refractivity contribution < 1.29 is 23.9 Å². The third kappa shape index (κ3) is 3.64. The van der Waals surface area contributed by atoms with E-state index in [-0.39, 0.29) is 11.1 Å². The lowest BCUT2D eigenvalue weighted by Gasteiger charge is -2.22. The monoisotopic (exact) mass is 380 g/mol. The molecule has 0 unspecified atom stereocenters. The van der Waals surface area contributed by atoms with Crippen LogP contribution in [0.2, 0.25) is 0 Å². The van der Waals surface area contributed by atoms with E-state index < -0.39 is 35.8 Å². The molecule has 3 amide bonds. The molecule has 1 heterocycles. The zero-order valence-electron chi connectivity index (χ0n) is 15.8. The van der Waals surface area contributed by atoms with Gasteiger partial charge in [-0.1, -0.05) is 29.8 Å². The summed E-state index contributed by atoms with van der Waals surface area (Å²) in [6.45, 7) is 4.75. The molecule has 1 aliphatic rings. The highest BCUT2D eigenvalue weighted by atomic mass is 16.5. The van der Waals surface area contributed by atoms with E-state index in [1.165, 1.54) is 26.0 Å². The normalized spacial score (nSPS) is 15.0. The molecule has 2 aromatic carbocycles. The SMILES string of the molecule is Cc1ccc(NC(=O)[C@@H](C)OC(=O)[C@@H](C)N2C(=O)c3ccccc3C2=O)cc1. The van der Waals surface area contributed by atoms with Crippen LogP contribution in [0.4, 0.5) is 5.69 Å². The van der Waals surface area contributed by atoms with Crippen LogP contribution in [-0.2, 0) is 14.3 Å². The van der Waals surface area contributed by atoms with Gasteiger partial charge in [0.05, 0.1) is 11.1 Å². The Kier molecular flexibility index (Phi) is 5.26. The molecule has 1 N–H and O–H groups in total. The molecule has 0 bridgehead atoms. The summed E-state index contributed by atoms with van der Waals surface area (Å²) in [6, 6.07) is 12.4. The number of hydrogen-bond acceptors (Lipinski definition) is 5. The average Bonchev–Trinajstić information content (AvgIpc) is 2.93.